The van der Waals surface area contributed by atoms with Gasteiger partial charge in [0.05, 0.1) is 12.1 Å². The molecule has 0 spiro atoms. The van der Waals surface area contributed by atoms with Gasteiger partial charge in [0.1, 0.15) is 5.75 Å². The van der Waals surface area contributed by atoms with E-state index in [1.54, 1.807) is 18.2 Å². The topological polar surface area (TPSA) is 46.2 Å². The fourth-order valence-corrected chi connectivity index (χ4v) is 1.80. The lowest BCUT2D eigenvalue weighted by Crippen LogP contribution is -2.03. The lowest BCUT2D eigenvalue weighted by atomic mass is 10.3. The molecule has 20 heavy (non-hydrogen) atoms. The Hall–Kier alpha value is -2.08. The maximum Gasteiger partial charge on any atom is 0.169 e. The van der Waals surface area contributed by atoms with Gasteiger partial charge in [-0.15, -0.1) is 0 Å². The maximum atomic E-state index is 13.7. The Morgan fingerprint density at radius 1 is 1.15 bits per heavy atom. The van der Waals surface area contributed by atoms with Crippen LogP contribution in [0.2, 0.25) is 5.02 Å². The molecule has 1 aromatic carbocycles. The molecule has 0 aliphatic carbocycles. The van der Waals surface area contributed by atoms with E-state index in [1.165, 1.54) is 14.2 Å². The summed E-state index contributed by atoms with van der Waals surface area (Å²) in [5.41, 5.74) is 0.520. The van der Waals surface area contributed by atoms with Gasteiger partial charge in [-0.25, -0.2) is 13.8 Å². The number of nitrogens with zero attached hydrogens (tertiary/aromatic N) is 1. The number of rotatable bonds is 4. The second-order valence-corrected chi connectivity index (χ2v) is 4.28. The van der Waals surface area contributed by atoms with E-state index in [0.717, 1.165) is 6.07 Å². The van der Waals surface area contributed by atoms with Gasteiger partial charge in [-0.2, -0.15) is 0 Å². The van der Waals surface area contributed by atoms with E-state index in [2.05, 4.69) is 15.6 Å². The number of halogens is 3. The summed E-state index contributed by atoms with van der Waals surface area (Å²) >= 11 is 5.90. The van der Waals surface area contributed by atoms with Gasteiger partial charge in [0.25, 0.3) is 0 Å². The van der Waals surface area contributed by atoms with Crippen molar-refractivity contribution in [3.8, 4) is 5.75 Å². The van der Waals surface area contributed by atoms with Crippen molar-refractivity contribution in [1.29, 1.82) is 0 Å². The third-order valence-corrected chi connectivity index (χ3v) is 2.89. The molecule has 0 atom stereocenters. The van der Waals surface area contributed by atoms with E-state index in [0.29, 0.717) is 16.5 Å². The van der Waals surface area contributed by atoms with Crippen LogP contribution in [-0.2, 0) is 0 Å². The van der Waals surface area contributed by atoms with Crippen LogP contribution in [0.1, 0.15) is 0 Å². The van der Waals surface area contributed by atoms with Gasteiger partial charge in [-0.05, 0) is 12.1 Å². The van der Waals surface area contributed by atoms with Crippen molar-refractivity contribution in [2.45, 2.75) is 0 Å². The first-order chi connectivity index (χ1) is 9.55. The summed E-state index contributed by atoms with van der Waals surface area (Å²) in [6.07, 6.45) is 0. The lowest BCUT2D eigenvalue weighted by Gasteiger charge is -2.11. The molecule has 0 bridgehead atoms. The van der Waals surface area contributed by atoms with E-state index < -0.39 is 11.6 Å². The van der Waals surface area contributed by atoms with Gasteiger partial charge < -0.3 is 15.4 Å². The van der Waals surface area contributed by atoms with Crippen LogP contribution < -0.4 is 15.4 Å². The highest BCUT2D eigenvalue weighted by molar-refractivity contribution is 6.32. The van der Waals surface area contributed by atoms with Crippen LogP contribution >= 0.6 is 11.6 Å². The van der Waals surface area contributed by atoms with E-state index in [1.807, 2.05) is 0 Å². The molecule has 2 N–H and O–H groups in total. The summed E-state index contributed by atoms with van der Waals surface area (Å²) in [5.74, 6) is -1.26. The standard InChI is InChI=1S/C13H12ClF2N3O/c1-17-12-9(15)6-10(16)13(19-12)18-7-3-4-8(14)11(5-7)20-2/h3-6H,1-2H3,(H2,17,18,19). The van der Waals surface area contributed by atoms with Gasteiger partial charge in [-0.1, -0.05) is 11.6 Å². The zero-order valence-electron chi connectivity index (χ0n) is 10.8. The van der Waals surface area contributed by atoms with Crippen molar-refractivity contribution < 1.29 is 13.5 Å². The average Bonchev–Trinajstić information content (AvgIpc) is 2.43. The first kappa shape index (κ1) is 14.3. The largest absolute Gasteiger partial charge is 0.495 e. The third-order valence-electron chi connectivity index (χ3n) is 2.58. The number of hydrogen-bond acceptors (Lipinski definition) is 4. The first-order valence-electron chi connectivity index (χ1n) is 5.69. The summed E-state index contributed by atoms with van der Waals surface area (Å²) in [6, 6.07) is 5.58. The summed E-state index contributed by atoms with van der Waals surface area (Å²) in [7, 11) is 2.97. The second kappa shape index (κ2) is 5.92. The van der Waals surface area contributed by atoms with Crippen molar-refractivity contribution in [2.24, 2.45) is 0 Å². The number of methoxy groups -OCH3 is 1. The van der Waals surface area contributed by atoms with E-state index >= 15 is 0 Å². The molecule has 0 aliphatic rings. The van der Waals surface area contributed by atoms with Crippen LogP contribution in [0.5, 0.6) is 5.75 Å². The Kier molecular flexibility index (Phi) is 4.24. The molecule has 0 fully saturated rings. The molecule has 0 saturated carbocycles. The molecule has 7 heteroatoms. The highest BCUT2D eigenvalue weighted by atomic mass is 35.5. The normalized spacial score (nSPS) is 10.2. The first-order valence-corrected chi connectivity index (χ1v) is 6.07. The predicted molar refractivity (Wildman–Crippen MR) is 75.0 cm³/mol. The monoisotopic (exact) mass is 299 g/mol. The Labute approximate surface area is 119 Å². The highest BCUT2D eigenvalue weighted by Gasteiger charge is 2.12. The molecule has 0 amide bonds. The fourth-order valence-electron chi connectivity index (χ4n) is 1.60. The third kappa shape index (κ3) is 2.91. The Bertz CT molecular complexity index is 637. The maximum absolute atomic E-state index is 13.7. The van der Waals surface area contributed by atoms with Crippen LogP contribution in [0, 0.1) is 11.6 Å². The number of pyridine rings is 1. The van der Waals surface area contributed by atoms with Gasteiger partial charge >= 0.3 is 0 Å². The molecule has 106 valence electrons. The number of benzene rings is 1. The van der Waals surface area contributed by atoms with Crippen molar-refractivity contribution >= 4 is 28.9 Å². The molecule has 2 aromatic rings. The Morgan fingerprint density at radius 2 is 1.85 bits per heavy atom. The summed E-state index contributed by atoms with van der Waals surface area (Å²) < 4.78 is 32.0. The van der Waals surface area contributed by atoms with Crippen LogP contribution in [0.15, 0.2) is 24.3 Å². The van der Waals surface area contributed by atoms with Crippen LogP contribution in [0.3, 0.4) is 0 Å². The van der Waals surface area contributed by atoms with E-state index in [4.69, 9.17) is 16.3 Å². The average molecular weight is 300 g/mol. The number of aromatic nitrogens is 1. The van der Waals surface area contributed by atoms with Crippen LogP contribution in [0.4, 0.5) is 26.1 Å². The minimum Gasteiger partial charge on any atom is -0.495 e. The molecule has 1 aromatic heterocycles. The van der Waals surface area contributed by atoms with Crippen molar-refractivity contribution in [1.82, 2.24) is 4.98 Å². The Balaban J connectivity index is 2.34. The van der Waals surface area contributed by atoms with Crippen LogP contribution in [-0.4, -0.2) is 19.1 Å². The number of anilines is 3. The minimum absolute atomic E-state index is 0.0465. The zero-order chi connectivity index (χ0) is 14.7. The SMILES string of the molecule is CNc1nc(Nc2ccc(Cl)c(OC)c2)c(F)cc1F. The van der Waals surface area contributed by atoms with Gasteiger partial charge in [0.2, 0.25) is 0 Å². The molecule has 0 aliphatic heterocycles. The summed E-state index contributed by atoms with van der Waals surface area (Å²) in [5, 5.41) is 5.72. The zero-order valence-corrected chi connectivity index (χ0v) is 11.6. The molecule has 0 saturated heterocycles. The molecule has 2 rings (SSSR count). The minimum atomic E-state index is -0.796. The lowest BCUT2D eigenvalue weighted by molar-refractivity contribution is 0.415. The quantitative estimate of drug-likeness (QED) is 0.901. The summed E-state index contributed by atoms with van der Waals surface area (Å²) in [6.45, 7) is 0. The molecule has 1 heterocycles. The smallest absolute Gasteiger partial charge is 0.169 e. The van der Waals surface area contributed by atoms with Crippen molar-refractivity contribution in [3.63, 3.8) is 0 Å². The highest BCUT2D eigenvalue weighted by Crippen LogP contribution is 2.29. The fraction of sp³-hybridized carbons (Fsp3) is 0.154. The number of ether oxygens (including phenoxy) is 1. The van der Waals surface area contributed by atoms with Crippen molar-refractivity contribution in [3.05, 3.63) is 40.9 Å². The second-order valence-electron chi connectivity index (χ2n) is 3.87. The van der Waals surface area contributed by atoms with Crippen LogP contribution in [0.25, 0.3) is 0 Å². The molecule has 4 nitrogen and oxygen atoms in total. The molecule has 0 radical (unpaired) electrons. The molecule has 0 unspecified atom stereocenters. The van der Waals surface area contributed by atoms with E-state index in [9.17, 15) is 8.78 Å². The predicted octanol–water partition coefficient (Wildman–Crippen LogP) is 3.81. The van der Waals surface area contributed by atoms with Gasteiger partial charge in [0.15, 0.2) is 23.3 Å². The molecular formula is C13H12ClF2N3O. The number of hydrogen-bond donors (Lipinski definition) is 2. The van der Waals surface area contributed by atoms with Gasteiger partial charge in [0, 0.05) is 24.9 Å². The Morgan fingerprint density at radius 3 is 2.50 bits per heavy atom. The van der Waals surface area contributed by atoms with E-state index in [-0.39, 0.29) is 11.6 Å². The summed E-state index contributed by atoms with van der Waals surface area (Å²) in [4.78, 5) is 3.82. The molecular weight excluding hydrogens is 288 g/mol. The van der Waals surface area contributed by atoms with Gasteiger partial charge in [-0.3, -0.25) is 0 Å². The van der Waals surface area contributed by atoms with Crippen molar-refractivity contribution in [2.75, 3.05) is 24.8 Å². The number of nitrogens with one attached hydrogen (secondary N) is 2.